The Labute approximate surface area is 79.2 Å². The lowest BCUT2D eigenvalue weighted by atomic mass is 10.2. The topological polar surface area (TPSA) is 37.3 Å². The van der Waals surface area contributed by atoms with E-state index in [4.69, 9.17) is 4.55 Å². The molecule has 1 atom stereocenters. The van der Waals surface area contributed by atoms with Crippen LogP contribution >= 0.6 is 0 Å². The van der Waals surface area contributed by atoms with E-state index in [1.165, 1.54) is 0 Å². The summed E-state index contributed by atoms with van der Waals surface area (Å²) in [6.45, 7) is 0. The number of benzene rings is 1. The van der Waals surface area contributed by atoms with Crippen LogP contribution in [0.25, 0.3) is 0 Å². The Balaban J connectivity index is 3.50. The van der Waals surface area contributed by atoms with Gasteiger partial charge in [0.25, 0.3) is 0 Å². The normalized spacial score (nSPS) is 14.9. The molecule has 1 aromatic carbocycles. The Morgan fingerprint density at radius 3 is 2.29 bits per heavy atom. The lowest BCUT2D eigenvalue weighted by molar-refractivity contribution is 0.493. The van der Waals surface area contributed by atoms with Crippen molar-refractivity contribution < 1.29 is 21.9 Å². The summed E-state index contributed by atoms with van der Waals surface area (Å²) < 4.78 is 58.0. The summed E-state index contributed by atoms with van der Waals surface area (Å²) in [7, 11) is -3.46. The van der Waals surface area contributed by atoms with Gasteiger partial charge in [0.1, 0.15) is 5.82 Å². The van der Waals surface area contributed by atoms with Crippen molar-refractivity contribution in [3.05, 3.63) is 35.1 Å². The van der Waals surface area contributed by atoms with E-state index in [-0.39, 0.29) is 0 Å². The van der Waals surface area contributed by atoms with Crippen LogP contribution in [0.15, 0.2) is 12.1 Å². The Morgan fingerprint density at radius 2 is 1.79 bits per heavy atom. The number of hydrogen-bond donors (Lipinski definition) is 1. The van der Waals surface area contributed by atoms with Gasteiger partial charge in [-0.25, -0.2) is 17.4 Å². The fourth-order valence-corrected chi connectivity index (χ4v) is 1.52. The Kier molecular flexibility index (Phi) is 2.86. The minimum Gasteiger partial charge on any atom is -0.314 e. The quantitative estimate of drug-likeness (QED) is 0.581. The maximum Gasteiger partial charge on any atom is 0.169 e. The van der Waals surface area contributed by atoms with Crippen molar-refractivity contribution in [2.45, 2.75) is 0 Å². The summed E-state index contributed by atoms with van der Waals surface area (Å²) in [5.41, 5.74) is -0.819. The summed E-state index contributed by atoms with van der Waals surface area (Å²) in [5.74, 6) is -3.80. The molecule has 0 heterocycles. The van der Waals surface area contributed by atoms with E-state index in [1.807, 2.05) is 0 Å². The van der Waals surface area contributed by atoms with Gasteiger partial charge in [-0.05, 0) is 12.1 Å². The number of halogens is 3. The molecule has 0 aliphatic rings. The van der Waals surface area contributed by atoms with Crippen LogP contribution < -0.4 is 0 Å². The molecule has 6 heteroatoms. The van der Waals surface area contributed by atoms with Gasteiger partial charge in [-0.15, -0.1) is 0 Å². The molecule has 0 aromatic heterocycles. The van der Waals surface area contributed by atoms with Gasteiger partial charge in [0.15, 0.2) is 11.6 Å². The summed E-state index contributed by atoms with van der Waals surface area (Å²) in [6, 6.07) is 1.30. The first kappa shape index (κ1) is 11.1. The monoisotopic (exact) mass is 224 g/mol. The molecule has 0 saturated carbocycles. The molecule has 0 amide bonds. The van der Waals surface area contributed by atoms with Crippen LogP contribution in [0, 0.1) is 17.5 Å². The Hall–Kier alpha value is -1.01. The highest BCUT2D eigenvalue weighted by molar-refractivity contribution is 7.95. The predicted octanol–water partition coefficient (Wildman–Crippen LogP) is 1.64. The van der Waals surface area contributed by atoms with Crippen molar-refractivity contribution in [2.24, 2.45) is 0 Å². The fraction of sp³-hybridized carbons (Fsp3) is 0.125. The first-order valence-corrected chi connectivity index (χ1v) is 5.50. The van der Waals surface area contributed by atoms with E-state index < -0.39 is 32.8 Å². The van der Waals surface area contributed by atoms with Crippen LogP contribution in [-0.4, -0.2) is 20.4 Å². The third-order valence-corrected chi connectivity index (χ3v) is 2.09. The highest BCUT2D eigenvalue weighted by atomic mass is 32.2. The zero-order valence-electron chi connectivity index (χ0n) is 7.13. The maximum absolute atomic E-state index is 12.9. The number of rotatable bonds is 1. The van der Waals surface area contributed by atoms with Gasteiger partial charge < -0.3 is 4.55 Å². The Bertz CT molecular complexity index is 468. The molecular formula is C8H7F3O2S. The van der Waals surface area contributed by atoms with Gasteiger partial charge in [0, 0.05) is 11.6 Å². The second-order valence-corrected chi connectivity index (χ2v) is 4.69. The van der Waals surface area contributed by atoms with Crippen LogP contribution in [0.4, 0.5) is 13.2 Å². The van der Waals surface area contributed by atoms with Crippen LogP contribution in [0.2, 0.25) is 0 Å². The van der Waals surface area contributed by atoms with Crippen LogP contribution in [-0.2, 0) is 9.80 Å². The SMILES string of the molecule is CS(=O)(O)=Cc1c(F)ccc(F)c1F. The molecule has 0 aliphatic heterocycles. The fourth-order valence-electron chi connectivity index (χ4n) is 0.869. The second-order valence-electron chi connectivity index (χ2n) is 2.74. The van der Waals surface area contributed by atoms with E-state index in [2.05, 4.69) is 0 Å². The minimum atomic E-state index is -3.46. The first-order valence-electron chi connectivity index (χ1n) is 3.51. The molecule has 0 fully saturated rings. The maximum atomic E-state index is 12.9. The largest absolute Gasteiger partial charge is 0.314 e. The van der Waals surface area contributed by atoms with Crippen molar-refractivity contribution in [3.8, 4) is 0 Å². The van der Waals surface area contributed by atoms with Crippen molar-refractivity contribution in [1.82, 2.24) is 0 Å². The molecule has 0 saturated heterocycles. The summed E-state index contributed by atoms with van der Waals surface area (Å²) >= 11 is 0. The molecule has 0 spiro atoms. The minimum absolute atomic E-state index is 0.459. The first-order chi connectivity index (χ1) is 6.31. The van der Waals surface area contributed by atoms with E-state index in [0.29, 0.717) is 17.5 Å². The molecule has 1 N–H and O–H groups in total. The van der Waals surface area contributed by atoms with Gasteiger partial charge in [0.2, 0.25) is 0 Å². The van der Waals surface area contributed by atoms with Crippen molar-refractivity contribution in [1.29, 1.82) is 0 Å². The molecule has 14 heavy (non-hydrogen) atoms. The molecule has 1 aromatic rings. The van der Waals surface area contributed by atoms with Gasteiger partial charge in [-0.2, -0.15) is 0 Å². The highest BCUT2D eigenvalue weighted by Gasteiger charge is 2.12. The highest BCUT2D eigenvalue weighted by Crippen LogP contribution is 2.13. The summed E-state index contributed by atoms with van der Waals surface area (Å²) in [5, 5.41) is 0.459. The molecule has 0 aliphatic carbocycles. The second kappa shape index (κ2) is 3.62. The molecule has 78 valence electrons. The average molecular weight is 224 g/mol. The molecule has 1 rings (SSSR count). The van der Waals surface area contributed by atoms with E-state index in [1.54, 1.807) is 0 Å². The van der Waals surface area contributed by atoms with Crippen LogP contribution in [0.1, 0.15) is 5.56 Å². The summed E-state index contributed by atoms with van der Waals surface area (Å²) in [4.78, 5) is 0. The molecule has 1 unspecified atom stereocenters. The van der Waals surface area contributed by atoms with E-state index in [9.17, 15) is 17.4 Å². The molecule has 0 bridgehead atoms. The summed E-state index contributed by atoms with van der Waals surface area (Å²) in [6.07, 6.45) is 0.872. The van der Waals surface area contributed by atoms with E-state index in [0.717, 1.165) is 6.26 Å². The zero-order valence-corrected chi connectivity index (χ0v) is 7.95. The predicted molar refractivity (Wildman–Crippen MR) is 48.2 cm³/mol. The van der Waals surface area contributed by atoms with Crippen molar-refractivity contribution in [2.75, 3.05) is 6.26 Å². The number of hydrogen-bond acceptors (Lipinski definition) is 1. The van der Waals surface area contributed by atoms with Gasteiger partial charge in [0.05, 0.1) is 15.4 Å². The van der Waals surface area contributed by atoms with E-state index >= 15 is 0 Å². The lowest BCUT2D eigenvalue weighted by Gasteiger charge is -2.01. The smallest absolute Gasteiger partial charge is 0.169 e. The lowest BCUT2D eigenvalue weighted by Crippen LogP contribution is -2.05. The van der Waals surface area contributed by atoms with Crippen molar-refractivity contribution in [3.63, 3.8) is 0 Å². The third-order valence-electron chi connectivity index (χ3n) is 1.42. The standard InChI is InChI=1S/C8H7F3O2S/c1-14(12,13)4-5-6(9)2-3-7(10)8(5)11/h2-4H,1H3,(H,12,13). The van der Waals surface area contributed by atoms with Gasteiger partial charge in [-0.1, -0.05) is 0 Å². The third kappa shape index (κ3) is 2.49. The Morgan fingerprint density at radius 1 is 1.29 bits per heavy atom. The molecule has 0 radical (unpaired) electrons. The van der Waals surface area contributed by atoms with Crippen LogP contribution in [0.5, 0.6) is 0 Å². The average Bonchev–Trinajstić information content (AvgIpc) is 2.04. The molecule has 2 nitrogen and oxygen atoms in total. The van der Waals surface area contributed by atoms with Crippen LogP contribution in [0.3, 0.4) is 0 Å². The zero-order chi connectivity index (χ0) is 10.9. The molecular weight excluding hydrogens is 217 g/mol. The van der Waals surface area contributed by atoms with Gasteiger partial charge >= 0.3 is 0 Å². The van der Waals surface area contributed by atoms with Gasteiger partial charge in [-0.3, -0.25) is 0 Å². The van der Waals surface area contributed by atoms with Crippen molar-refractivity contribution >= 4 is 15.2 Å².